The standard InChI is InChI=1S/C12H22ClNO/c1-11(8-13)9-15-10-12(14)6-4-2-3-5-7-12/h8H,2-7,9-10,14H2,1H3. The number of hydrogen-bond acceptors (Lipinski definition) is 2. The number of ether oxygens (including phenoxy) is 1. The van der Waals surface area contributed by atoms with Crippen LogP contribution in [0.5, 0.6) is 0 Å². The molecule has 1 aliphatic carbocycles. The third kappa shape index (κ3) is 5.01. The van der Waals surface area contributed by atoms with Gasteiger partial charge >= 0.3 is 0 Å². The number of halogens is 1. The lowest BCUT2D eigenvalue weighted by atomic mass is 9.93. The molecule has 0 aromatic heterocycles. The van der Waals surface area contributed by atoms with Crippen molar-refractivity contribution in [2.45, 2.75) is 51.0 Å². The van der Waals surface area contributed by atoms with Gasteiger partial charge in [0.2, 0.25) is 0 Å². The Hall–Kier alpha value is -0.0500. The molecule has 2 N–H and O–H groups in total. The smallest absolute Gasteiger partial charge is 0.0686 e. The van der Waals surface area contributed by atoms with Crippen LogP contribution in [-0.2, 0) is 4.74 Å². The Balaban J connectivity index is 2.28. The molecule has 1 rings (SSSR count). The van der Waals surface area contributed by atoms with Gasteiger partial charge in [0.1, 0.15) is 0 Å². The molecule has 0 atom stereocenters. The molecule has 0 heterocycles. The van der Waals surface area contributed by atoms with Crippen molar-refractivity contribution in [3.05, 3.63) is 11.1 Å². The van der Waals surface area contributed by atoms with Gasteiger partial charge in [-0.15, -0.1) is 0 Å². The zero-order chi connectivity index (χ0) is 11.1. The Kier molecular flexibility index (Phi) is 5.65. The molecule has 0 bridgehead atoms. The first-order chi connectivity index (χ1) is 7.16. The summed E-state index contributed by atoms with van der Waals surface area (Å²) in [5, 5.41) is 0. The summed E-state index contributed by atoms with van der Waals surface area (Å²) < 4.78 is 5.61. The number of nitrogens with two attached hydrogens (primary N) is 1. The first-order valence-corrected chi connectivity index (χ1v) is 6.22. The van der Waals surface area contributed by atoms with Crippen molar-refractivity contribution in [1.29, 1.82) is 0 Å². The van der Waals surface area contributed by atoms with Crippen LogP contribution in [0.25, 0.3) is 0 Å². The van der Waals surface area contributed by atoms with E-state index >= 15 is 0 Å². The van der Waals surface area contributed by atoms with Gasteiger partial charge in [-0.25, -0.2) is 0 Å². The Morgan fingerprint density at radius 1 is 1.33 bits per heavy atom. The topological polar surface area (TPSA) is 35.2 Å². The fourth-order valence-electron chi connectivity index (χ4n) is 2.02. The minimum atomic E-state index is -0.0942. The van der Waals surface area contributed by atoms with E-state index in [-0.39, 0.29) is 5.54 Å². The van der Waals surface area contributed by atoms with Gasteiger partial charge in [0.25, 0.3) is 0 Å². The lowest BCUT2D eigenvalue weighted by Crippen LogP contribution is -2.44. The van der Waals surface area contributed by atoms with Crippen LogP contribution in [0.15, 0.2) is 11.1 Å². The predicted octanol–water partition coefficient (Wildman–Crippen LogP) is 3.20. The van der Waals surface area contributed by atoms with Gasteiger partial charge in [0.15, 0.2) is 0 Å². The minimum Gasteiger partial charge on any atom is -0.375 e. The number of hydrogen-bond donors (Lipinski definition) is 1. The van der Waals surface area contributed by atoms with Crippen molar-refractivity contribution in [2.24, 2.45) is 5.73 Å². The normalized spacial score (nSPS) is 22.5. The van der Waals surface area contributed by atoms with E-state index in [0.717, 1.165) is 18.4 Å². The van der Waals surface area contributed by atoms with Crippen molar-refractivity contribution < 1.29 is 4.74 Å². The first-order valence-electron chi connectivity index (χ1n) is 5.79. The van der Waals surface area contributed by atoms with E-state index in [1.807, 2.05) is 6.92 Å². The Bertz CT molecular complexity index is 208. The lowest BCUT2D eigenvalue weighted by Gasteiger charge is -2.27. The van der Waals surface area contributed by atoms with Gasteiger partial charge in [0.05, 0.1) is 13.2 Å². The molecule has 0 unspecified atom stereocenters. The van der Waals surface area contributed by atoms with E-state index in [4.69, 9.17) is 22.1 Å². The molecule has 1 aliphatic rings. The molecule has 3 heteroatoms. The van der Waals surface area contributed by atoms with Crippen molar-refractivity contribution in [1.82, 2.24) is 0 Å². The summed E-state index contributed by atoms with van der Waals surface area (Å²) in [5.74, 6) is 0. The van der Waals surface area contributed by atoms with Crippen molar-refractivity contribution >= 4 is 11.6 Å². The predicted molar refractivity (Wildman–Crippen MR) is 65.0 cm³/mol. The van der Waals surface area contributed by atoms with Gasteiger partial charge in [-0.3, -0.25) is 0 Å². The van der Waals surface area contributed by atoms with Gasteiger partial charge < -0.3 is 10.5 Å². The summed E-state index contributed by atoms with van der Waals surface area (Å²) in [4.78, 5) is 0. The molecule has 2 nitrogen and oxygen atoms in total. The second-order valence-corrected chi connectivity index (χ2v) is 4.94. The molecule has 0 radical (unpaired) electrons. The van der Waals surface area contributed by atoms with Crippen molar-refractivity contribution in [2.75, 3.05) is 13.2 Å². The van der Waals surface area contributed by atoms with Crippen LogP contribution in [0.1, 0.15) is 45.4 Å². The van der Waals surface area contributed by atoms with Crippen LogP contribution in [0, 0.1) is 0 Å². The maximum Gasteiger partial charge on any atom is 0.0686 e. The molecular weight excluding hydrogens is 210 g/mol. The quantitative estimate of drug-likeness (QED) is 0.755. The van der Waals surface area contributed by atoms with Crippen molar-refractivity contribution in [3.8, 4) is 0 Å². The summed E-state index contributed by atoms with van der Waals surface area (Å²) in [6.45, 7) is 3.22. The second kappa shape index (κ2) is 6.51. The molecule has 88 valence electrons. The summed E-state index contributed by atoms with van der Waals surface area (Å²) >= 11 is 5.56. The van der Waals surface area contributed by atoms with Crippen LogP contribution in [0.2, 0.25) is 0 Å². The largest absolute Gasteiger partial charge is 0.375 e. The van der Waals surface area contributed by atoms with Crippen LogP contribution in [-0.4, -0.2) is 18.8 Å². The Morgan fingerprint density at radius 3 is 2.47 bits per heavy atom. The molecule has 0 aromatic rings. The SMILES string of the molecule is CC(=CCl)COCC1(N)CCCCCC1. The summed E-state index contributed by atoms with van der Waals surface area (Å²) in [7, 11) is 0. The molecule has 0 aromatic carbocycles. The van der Waals surface area contributed by atoms with Gasteiger partial charge in [-0.2, -0.15) is 0 Å². The van der Waals surface area contributed by atoms with Gasteiger partial charge in [-0.1, -0.05) is 37.3 Å². The van der Waals surface area contributed by atoms with Crippen LogP contribution >= 0.6 is 11.6 Å². The van der Waals surface area contributed by atoms with Gasteiger partial charge in [0, 0.05) is 11.1 Å². The van der Waals surface area contributed by atoms with Crippen LogP contribution in [0.3, 0.4) is 0 Å². The van der Waals surface area contributed by atoms with Crippen molar-refractivity contribution in [3.63, 3.8) is 0 Å². The fourth-order valence-corrected chi connectivity index (χ4v) is 2.09. The van der Waals surface area contributed by atoms with E-state index < -0.39 is 0 Å². The highest BCUT2D eigenvalue weighted by molar-refractivity contribution is 6.25. The fraction of sp³-hybridized carbons (Fsp3) is 0.833. The van der Waals surface area contributed by atoms with Crippen LogP contribution in [0.4, 0.5) is 0 Å². The van der Waals surface area contributed by atoms with E-state index in [1.165, 1.54) is 25.7 Å². The average molecular weight is 232 g/mol. The summed E-state index contributed by atoms with van der Waals surface area (Å²) in [5.41, 5.74) is 8.83. The molecule has 1 fully saturated rings. The maximum absolute atomic E-state index is 6.31. The zero-order valence-corrected chi connectivity index (χ0v) is 10.4. The lowest BCUT2D eigenvalue weighted by molar-refractivity contribution is 0.0934. The Labute approximate surface area is 97.8 Å². The van der Waals surface area contributed by atoms with E-state index in [9.17, 15) is 0 Å². The minimum absolute atomic E-state index is 0.0942. The molecule has 0 amide bonds. The molecule has 1 saturated carbocycles. The molecule has 0 spiro atoms. The highest BCUT2D eigenvalue weighted by atomic mass is 35.5. The zero-order valence-electron chi connectivity index (χ0n) is 9.60. The van der Waals surface area contributed by atoms with E-state index in [1.54, 1.807) is 5.54 Å². The van der Waals surface area contributed by atoms with E-state index in [0.29, 0.717) is 13.2 Å². The molecule has 0 saturated heterocycles. The molecular formula is C12H22ClNO. The second-order valence-electron chi connectivity index (χ2n) is 4.72. The molecule has 0 aliphatic heterocycles. The third-order valence-corrected chi connectivity index (χ3v) is 3.38. The summed E-state index contributed by atoms with van der Waals surface area (Å²) in [6, 6.07) is 0. The first kappa shape index (κ1) is 13.0. The van der Waals surface area contributed by atoms with Gasteiger partial charge in [-0.05, 0) is 25.3 Å². The molecule has 15 heavy (non-hydrogen) atoms. The van der Waals surface area contributed by atoms with Crippen LogP contribution < -0.4 is 5.73 Å². The highest BCUT2D eigenvalue weighted by Gasteiger charge is 2.26. The monoisotopic (exact) mass is 231 g/mol. The third-order valence-electron chi connectivity index (χ3n) is 3.00. The summed E-state index contributed by atoms with van der Waals surface area (Å²) in [6.07, 6.45) is 7.31. The number of rotatable bonds is 4. The van der Waals surface area contributed by atoms with E-state index in [2.05, 4.69) is 0 Å². The average Bonchev–Trinajstić information content (AvgIpc) is 2.43. The Morgan fingerprint density at radius 2 is 1.93 bits per heavy atom. The maximum atomic E-state index is 6.31. The highest BCUT2D eigenvalue weighted by Crippen LogP contribution is 2.25.